The second-order valence-electron chi connectivity index (χ2n) is 13.2. The van der Waals surface area contributed by atoms with E-state index in [-0.39, 0.29) is 11.0 Å². The van der Waals surface area contributed by atoms with E-state index in [2.05, 4.69) is 151 Å². The summed E-state index contributed by atoms with van der Waals surface area (Å²) in [5, 5.41) is 2.37. The lowest BCUT2D eigenvalue weighted by Crippen LogP contribution is -2.55. The zero-order valence-corrected chi connectivity index (χ0v) is 26.2. The molecule has 0 amide bonds. The molecule has 5 heteroatoms. The van der Waals surface area contributed by atoms with Crippen molar-refractivity contribution in [2.45, 2.75) is 50.5 Å². The lowest BCUT2D eigenvalue weighted by molar-refractivity contribution is 0.193. The van der Waals surface area contributed by atoms with E-state index in [0.29, 0.717) is 17.7 Å². The maximum absolute atomic E-state index is 5.42. The monoisotopic (exact) mass is 597 g/mol. The van der Waals surface area contributed by atoms with Crippen LogP contribution in [0.1, 0.15) is 45.1 Å². The van der Waals surface area contributed by atoms with Gasteiger partial charge in [-0.3, -0.25) is 4.57 Å². The Morgan fingerprint density at radius 2 is 1.13 bits per heavy atom. The van der Waals surface area contributed by atoms with Crippen molar-refractivity contribution in [3.63, 3.8) is 0 Å². The van der Waals surface area contributed by atoms with E-state index in [0.717, 1.165) is 40.6 Å². The molecule has 9 rings (SSSR count). The molecule has 0 radical (unpaired) electrons. The Labute approximate surface area is 269 Å². The number of nitrogens with zero attached hydrogens (tertiary/aromatic N) is 5. The molecule has 0 N–H and O–H groups in total. The summed E-state index contributed by atoms with van der Waals surface area (Å²) in [5.74, 6) is 2.00. The minimum Gasteiger partial charge on any atom is -0.303 e. The molecular formula is C41H35N5. The van der Waals surface area contributed by atoms with E-state index in [1.807, 2.05) is 0 Å². The molecule has 224 valence electrons. The fourth-order valence-electron chi connectivity index (χ4n) is 8.37. The molecule has 46 heavy (non-hydrogen) atoms. The molecule has 0 saturated heterocycles. The van der Waals surface area contributed by atoms with Gasteiger partial charge < -0.3 is 4.90 Å². The van der Waals surface area contributed by atoms with Crippen LogP contribution in [0.5, 0.6) is 0 Å². The second kappa shape index (κ2) is 10.1. The quantitative estimate of drug-likeness (QED) is 0.203. The first-order valence-electron chi connectivity index (χ1n) is 16.4. The molecule has 2 unspecified atom stereocenters. The van der Waals surface area contributed by atoms with Gasteiger partial charge in [-0.05, 0) is 54.7 Å². The Morgan fingerprint density at radius 3 is 1.89 bits per heavy atom. The summed E-state index contributed by atoms with van der Waals surface area (Å²) in [5.41, 5.74) is 7.80. The predicted molar refractivity (Wildman–Crippen MR) is 188 cm³/mol. The average molecular weight is 598 g/mol. The second-order valence-corrected chi connectivity index (χ2v) is 13.2. The molecule has 3 heterocycles. The van der Waals surface area contributed by atoms with Gasteiger partial charge in [0.15, 0.2) is 5.82 Å². The standard InChI is InChI=1S/C41H35N5/c1-40-26-14-15-27-41(40,2)46(36-25-13-10-22-33(36)40)39-43-37(32-21-7-6-18-29(32)28-16-4-3-5-17-28)42-38(44-39)45-34-23-11-8-19-30(34)31-20-9-12-24-35(31)45/h3-13,16-25H,14-15,26-27H2,1-2H3. The average Bonchev–Trinajstić information content (AvgIpc) is 3.55. The van der Waals surface area contributed by atoms with Crippen LogP contribution in [-0.2, 0) is 5.41 Å². The van der Waals surface area contributed by atoms with Crippen molar-refractivity contribution in [2.75, 3.05) is 4.90 Å². The molecule has 1 aliphatic carbocycles. The summed E-state index contributed by atoms with van der Waals surface area (Å²) in [6, 6.07) is 45.0. The van der Waals surface area contributed by atoms with Gasteiger partial charge in [-0.2, -0.15) is 15.0 Å². The summed E-state index contributed by atoms with van der Waals surface area (Å²) >= 11 is 0. The molecule has 2 aliphatic rings. The van der Waals surface area contributed by atoms with Crippen molar-refractivity contribution in [1.29, 1.82) is 0 Å². The van der Waals surface area contributed by atoms with Crippen LogP contribution in [-0.4, -0.2) is 25.1 Å². The minimum absolute atomic E-state index is 0.0103. The molecule has 5 nitrogen and oxygen atoms in total. The third-order valence-electron chi connectivity index (χ3n) is 10.9. The van der Waals surface area contributed by atoms with Gasteiger partial charge in [-0.15, -0.1) is 0 Å². The number of para-hydroxylation sites is 3. The van der Waals surface area contributed by atoms with Crippen LogP contribution < -0.4 is 4.90 Å². The summed E-state index contributed by atoms with van der Waals surface area (Å²) in [6.07, 6.45) is 4.63. The first kappa shape index (κ1) is 27.1. The van der Waals surface area contributed by atoms with Crippen molar-refractivity contribution >= 4 is 33.4 Å². The maximum atomic E-state index is 5.42. The van der Waals surface area contributed by atoms with Gasteiger partial charge in [-0.25, -0.2) is 0 Å². The molecule has 1 fully saturated rings. The van der Waals surface area contributed by atoms with Crippen molar-refractivity contribution < 1.29 is 0 Å². The van der Waals surface area contributed by atoms with Gasteiger partial charge in [0.05, 0.1) is 16.6 Å². The number of hydrogen-bond acceptors (Lipinski definition) is 4. The molecule has 0 bridgehead atoms. The van der Waals surface area contributed by atoms with E-state index < -0.39 is 0 Å². The summed E-state index contributed by atoms with van der Waals surface area (Å²) < 4.78 is 2.22. The molecule has 5 aromatic carbocycles. The van der Waals surface area contributed by atoms with E-state index in [1.165, 1.54) is 34.9 Å². The minimum atomic E-state index is -0.176. The highest BCUT2D eigenvalue weighted by Gasteiger charge is 2.58. The molecule has 2 atom stereocenters. The maximum Gasteiger partial charge on any atom is 0.240 e. The normalized spacial score (nSPS) is 20.6. The van der Waals surface area contributed by atoms with Crippen LogP contribution in [0.4, 0.5) is 11.6 Å². The number of fused-ring (bicyclic) bond motifs is 6. The Kier molecular flexibility index (Phi) is 5.95. The number of aromatic nitrogens is 4. The first-order valence-corrected chi connectivity index (χ1v) is 16.4. The van der Waals surface area contributed by atoms with E-state index >= 15 is 0 Å². The molecule has 1 aliphatic heterocycles. The fourth-order valence-corrected chi connectivity index (χ4v) is 8.37. The van der Waals surface area contributed by atoms with Crippen molar-refractivity contribution in [1.82, 2.24) is 19.5 Å². The Hall–Kier alpha value is -5.29. The van der Waals surface area contributed by atoms with Crippen LogP contribution in [0.2, 0.25) is 0 Å². The van der Waals surface area contributed by atoms with Crippen molar-refractivity contribution in [3.05, 3.63) is 133 Å². The van der Waals surface area contributed by atoms with Crippen LogP contribution in [0.25, 0.3) is 50.3 Å². The lowest BCUT2D eigenvalue weighted by Gasteiger charge is -2.49. The Morgan fingerprint density at radius 1 is 0.543 bits per heavy atom. The highest BCUT2D eigenvalue weighted by Crippen LogP contribution is 2.60. The predicted octanol–water partition coefficient (Wildman–Crippen LogP) is 10.0. The highest BCUT2D eigenvalue weighted by atomic mass is 15.4. The number of benzene rings is 5. The summed E-state index contributed by atoms with van der Waals surface area (Å²) in [4.78, 5) is 18.6. The van der Waals surface area contributed by atoms with Crippen LogP contribution in [0.3, 0.4) is 0 Å². The van der Waals surface area contributed by atoms with Crippen LogP contribution in [0.15, 0.2) is 127 Å². The summed E-state index contributed by atoms with van der Waals surface area (Å²) in [6.45, 7) is 4.87. The molecule has 0 spiro atoms. The number of hydrogen-bond donors (Lipinski definition) is 0. The third kappa shape index (κ3) is 3.78. The van der Waals surface area contributed by atoms with E-state index in [9.17, 15) is 0 Å². The fraction of sp³-hybridized carbons (Fsp3) is 0.195. The smallest absolute Gasteiger partial charge is 0.240 e. The number of rotatable bonds is 4. The van der Waals surface area contributed by atoms with Gasteiger partial charge in [0.25, 0.3) is 0 Å². The molecular weight excluding hydrogens is 562 g/mol. The van der Waals surface area contributed by atoms with Gasteiger partial charge >= 0.3 is 0 Å². The Bertz CT molecular complexity index is 2220. The molecule has 7 aromatic rings. The van der Waals surface area contributed by atoms with E-state index in [1.54, 1.807) is 0 Å². The SMILES string of the molecule is CC12CCCCC1(C)N(c1nc(-c3ccccc3-c3ccccc3)nc(-n3c4ccccc4c4ccccc43)n1)c1ccccc12. The van der Waals surface area contributed by atoms with Gasteiger partial charge in [0.2, 0.25) is 11.9 Å². The van der Waals surface area contributed by atoms with Crippen molar-refractivity contribution in [2.24, 2.45) is 0 Å². The van der Waals surface area contributed by atoms with Crippen LogP contribution in [0, 0.1) is 0 Å². The van der Waals surface area contributed by atoms with Gasteiger partial charge in [-0.1, -0.05) is 129 Å². The zero-order valence-electron chi connectivity index (χ0n) is 26.2. The highest BCUT2D eigenvalue weighted by molar-refractivity contribution is 6.09. The van der Waals surface area contributed by atoms with Crippen LogP contribution >= 0.6 is 0 Å². The van der Waals surface area contributed by atoms with Gasteiger partial charge in [0, 0.05) is 27.4 Å². The topological polar surface area (TPSA) is 46.8 Å². The van der Waals surface area contributed by atoms with Gasteiger partial charge in [0.1, 0.15) is 0 Å². The van der Waals surface area contributed by atoms with E-state index in [4.69, 9.17) is 15.0 Å². The summed E-state index contributed by atoms with van der Waals surface area (Å²) in [7, 11) is 0. The number of anilines is 2. The third-order valence-corrected chi connectivity index (χ3v) is 10.9. The molecule has 1 saturated carbocycles. The largest absolute Gasteiger partial charge is 0.303 e. The van der Waals surface area contributed by atoms with Crippen molar-refractivity contribution in [3.8, 4) is 28.5 Å². The lowest BCUT2D eigenvalue weighted by atomic mass is 9.61. The zero-order chi connectivity index (χ0) is 30.9. The molecule has 2 aromatic heterocycles. The Balaban J connectivity index is 1.36. The first-order chi connectivity index (χ1) is 22.6.